The van der Waals surface area contributed by atoms with Crippen molar-refractivity contribution in [3.63, 3.8) is 0 Å². The Morgan fingerprint density at radius 1 is 1.41 bits per heavy atom. The average molecular weight is 229 g/mol. The minimum absolute atomic E-state index is 0.400. The van der Waals surface area contributed by atoms with Gasteiger partial charge in [0, 0.05) is 5.56 Å². The molecule has 3 nitrogen and oxygen atoms in total. The molecule has 0 atom stereocenters. The fraction of sp³-hybridized carbons (Fsp3) is 0.357. The summed E-state index contributed by atoms with van der Waals surface area (Å²) in [6.45, 7) is 5.08. The number of ether oxygens (including phenoxy) is 2. The van der Waals surface area contributed by atoms with Gasteiger partial charge >= 0.3 is 0 Å². The van der Waals surface area contributed by atoms with Crippen LogP contribution in [0.4, 0.5) is 0 Å². The minimum atomic E-state index is -0.400. The Hall–Kier alpha value is -1.63. The summed E-state index contributed by atoms with van der Waals surface area (Å²) >= 11 is 0. The van der Waals surface area contributed by atoms with Crippen LogP contribution in [0.25, 0.3) is 0 Å². The number of hydrogen-bond acceptors (Lipinski definition) is 3. The van der Waals surface area contributed by atoms with Crippen LogP contribution in [-0.2, 0) is 15.9 Å². The summed E-state index contributed by atoms with van der Waals surface area (Å²) in [5.74, 6) is 0. The van der Waals surface area contributed by atoms with Crippen molar-refractivity contribution in [1.82, 2.24) is 0 Å². The number of benzene rings is 1. The van der Waals surface area contributed by atoms with E-state index < -0.39 is 6.29 Å². The summed E-state index contributed by atoms with van der Waals surface area (Å²) in [7, 11) is 0. The number of rotatable bonds is 3. The lowest BCUT2D eigenvalue weighted by Crippen LogP contribution is -2.18. The standard InChI is InChI=1S/C14H15NO2/c1-2-4-11-5-6-12(10-15)13(9-11)14-16-7-3-8-17-14/h2,5-6,9,14H,1,3-4,7-8H2. The average Bonchev–Trinajstić information content (AvgIpc) is 2.40. The fourth-order valence-electron chi connectivity index (χ4n) is 1.87. The maximum Gasteiger partial charge on any atom is 0.185 e. The van der Waals surface area contributed by atoms with Crippen LogP contribution in [0.2, 0.25) is 0 Å². The third kappa shape index (κ3) is 2.73. The van der Waals surface area contributed by atoms with E-state index in [0.717, 1.165) is 24.0 Å². The molecular formula is C14H15NO2. The molecule has 0 aromatic heterocycles. The minimum Gasteiger partial charge on any atom is -0.348 e. The molecule has 1 aliphatic rings. The molecule has 0 radical (unpaired) electrons. The molecule has 0 unspecified atom stereocenters. The molecular weight excluding hydrogens is 214 g/mol. The topological polar surface area (TPSA) is 42.2 Å². The van der Waals surface area contributed by atoms with Crippen molar-refractivity contribution in [3.8, 4) is 6.07 Å². The summed E-state index contributed by atoms with van der Waals surface area (Å²) in [5.41, 5.74) is 2.56. The van der Waals surface area contributed by atoms with Gasteiger partial charge in [-0.25, -0.2) is 0 Å². The lowest BCUT2D eigenvalue weighted by atomic mass is 10.0. The van der Waals surface area contributed by atoms with E-state index in [4.69, 9.17) is 14.7 Å². The summed E-state index contributed by atoms with van der Waals surface area (Å²) in [6, 6.07) is 7.90. The smallest absolute Gasteiger partial charge is 0.185 e. The third-order valence-corrected chi connectivity index (χ3v) is 2.70. The molecule has 1 aromatic rings. The molecule has 0 amide bonds. The van der Waals surface area contributed by atoms with Gasteiger partial charge < -0.3 is 9.47 Å². The van der Waals surface area contributed by atoms with Crippen molar-refractivity contribution in [2.45, 2.75) is 19.1 Å². The molecule has 0 spiro atoms. The number of nitrogens with zero attached hydrogens (tertiary/aromatic N) is 1. The molecule has 1 saturated heterocycles. The van der Waals surface area contributed by atoms with Crippen LogP contribution >= 0.6 is 0 Å². The molecule has 88 valence electrons. The molecule has 0 aliphatic carbocycles. The molecule has 1 aliphatic heterocycles. The molecule has 0 saturated carbocycles. The Labute approximate surface area is 101 Å². The van der Waals surface area contributed by atoms with Gasteiger partial charge in [-0.2, -0.15) is 5.26 Å². The number of allylic oxidation sites excluding steroid dienone is 1. The van der Waals surface area contributed by atoms with Crippen molar-refractivity contribution in [2.24, 2.45) is 0 Å². The van der Waals surface area contributed by atoms with Crippen LogP contribution < -0.4 is 0 Å². The second kappa shape index (κ2) is 5.62. The molecule has 2 rings (SSSR count). The molecule has 17 heavy (non-hydrogen) atoms. The predicted octanol–water partition coefficient (Wildman–Crippen LogP) is 2.72. The molecule has 1 heterocycles. The second-order valence-electron chi connectivity index (χ2n) is 3.95. The van der Waals surface area contributed by atoms with Crippen LogP contribution in [0.1, 0.15) is 29.4 Å². The lowest BCUT2D eigenvalue weighted by Gasteiger charge is -2.24. The fourth-order valence-corrected chi connectivity index (χ4v) is 1.87. The highest BCUT2D eigenvalue weighted by Crippen LogP contribution is 2.26. The van der Waals surface area contributed by atoms with Crippen LogP contribution in [0, 0.1) is 11.3 Å². The normalized spacial score (nSPS) is 16.4. The highest BCUT2D eigenvalue weighted by Gasteiger charge is 2.20. The lowest BCUT2D eigenvalue weighted by molar-refractivity contribution is -0.183. The largest absolute Gasteiger partial charge is 0.348 e. The van der Waals surface area contributed by atoms with Gasteiger partial charge in [-0.1, -0.05) is 12.1 Å². The van der Waals surface area contributed by atoms with Gasteiger partial charge in [0.15, 0.2) is 6.29 Å². The van der Waals surface area contributed by atoms with Gasteiger partial charge in [0.25, 0.3) is 0 Å². The summed E-state index contributed by atoms with van der Waals surface area (Å²) in [5, 5.41) is 9.09. The van der Waals surface area contributed by atoms with Crippen molar-refractivity contribution >= 4 is 0 Å². The maximum atomic E-state index is 9.09. The molecule has 3 heteroatoms. The Morgan fingerprint density at radius 3 is 2.82 bits per heavy atom. The first-order chi connectivity index (χ1) is 8.35. The van der Waals surface area contributed by atoms with Gasteiger partial charge in [0.05, 0.1) is 24.8 Å². The number of nitriles is 1. The molecule has 0 bridgehead atoms. The predicted molar refractivity (Wildman–Crippen MR) is 64.3 cm³/mol. The van der Waals surface area contributed by atoms with Gasteiger partial charge in [-0.15, -0.1) is 6.58 Å². The Kier molecular flexibility index (Phi) is 3.92. The Morgan fingerprint density at radius 2 is 2.18 bits per heavy atom. The molecule has 1 fully saturated rings. The SMILES string of the molecule is C=CCc1ccc(C#N)c(C2OCCCO2)c1. The first-order valence-corrected chi connectivity index (χ1v) is 5.72. The van der Waals surface area contributed by atoms with Gasteiger partial charge in [0.1, 0.15) is 0 Å². The first kappa shape index (κ1) is 11.8. The van der Waals surface area contributed by atoms with E-state index in [1.54, 1.807) is 0 Å². The quantitative estimate of drug-likeness (QED) is 0.748. The highest BCUT2D eigenvalue weighted by molar-refractivity contribution is 5.41. The Balaban J connectivity index is 2.31. The summed E-state index contributed by atoms with van der Waals surface area (Å²) in [6.07, 6.45) is 3.13. The molecule has 1 aromatic carbocycles. The first-order valence-electron chi connectivity index (χ1n) is 5.72. The zero-order valence-corrected chi connectivity index (χ0v) is 9.69. The van der Waals surface area contributed by atoms with Gasteiger partial charge in [-0.3, -0.25) is 0 Å². The van der Waals surface area contributed by atoms with Crippen molar-refractivity contribution in [1.29, 1.82) is 5.26 Å². The zero-order valence-electron chi connectivity index (χ0n) is 9.69. The van der Waals surface area contributed by atoms with Crippen molar-refractivity contribution < 1.29 is 9.47 Å². The van der Waals surface area contributed by atoms with Crippen LogP contribution in [0.3, 0.4) is 0 Å². The van der Waals surface area contributed by atoms with Crippen LogP contribution in [0.15, 0.2) is 30.9 Å². The van der Waals surface area contributed by atoms with E-state index in [2.05, 4.69) is 12.6 Å². The summed E-state index contributed by atoms with van der Waals surface area (Å²) < 4.78 is 11.1. The van der Waals surface area contributed by atoms with Crippen molar-refractivity contribution in [2.75, 3.05) is 13.2 Å². The monoisotopic (exact) mass is 229 g/mol. The van der Waals surface area contributed by atoms with E-state index in [9.17, 15) is 0 Å². The van der Waals surface area contributed by atoms with Crippen LogP contribution in [-0.4, -0.2) is 13.2 Å². The second-order valence-corrected chi connectivity index (χ2v) is 3.95. The Bertz CT molecular complexity index is 442. The molecule has 0 N–H and O–H groups in total. The van der Waals surface area contributed by atoms with E-state index in [0.29, 0.717) is 18.8 Å². The van der Waals surface area contributed by atoms with Crippen LogP contribution in [0.5, 0.6) is 0 Å². The maximum absolute atomic E-state index is 9.09. The van der Waals surface area contributed by atoms with E-state index in [1.165, 1.54) is 0 Å². The number of hydrogen-bond donors (Lipinski definition) is 0. The van der Waals surface area contributed by atoms with E-state index in [-0.39, 0.29) is 0 Å². The van der Waals surface area contributed by atoms with Gasteiger partial charge in [0.2, 0.25) is 0 Å². The van der Waals surface area contributed by atoms with E-state index in [1.807, 2.05) is 24.3 Å². The highest BCUT2D eigenvalue weighted by atomic mass is 16.7. The van der Waals surface area contributed by atoms with Crippen molar-refractivity contribution in [3.05, 3.63) is 47.5 Å². The zero-order chi connectivity index (χ0) is 12.1. The third-order valence-electron chi connectivity index (χ3n) is 2.70. The van der Waals surface area contributed by atoms with E-state index >= 15 is 0 Å². The summed E-state index contributed by atoms with van der Waals surface area (Å²) in [4.78, 5) is 0. The van der Waals surface area contributed by atoms with Gasteiger partial charge in [-0.05, 0) is 30.5 Å².